The fourth-order valence-corrected chi connectivity index (χ4v) is 4.38. The first-order chi connectivity index (χ1) is 12.0. The fraction of sp³-hybridized carbons (Fsp3) is 0.895. The van der Waals surface area contributed by atoms with Crippen molar-refractivity contribution < 1.29 is 14.3 Å². The molecule has 142 valence electrons. The highest BCUT2D eigenvalue weighted by atomic mass is 16.5. The molecule has 1 spiro atoms. The lowest BCUT2D eigenvalue weighted by Crippen LogP contribution is -2.58. The summed E-state index contributed by atoms with van der Waals surface area (Å²) in [7, 11) is 0. The van der Waals surface area contributed by atoms with Crippen LogP contribution in [0.1, 0.15) is 46.0 Å². The lowest BCUT2D eigenvalue weighted by atomic mass is 9.73. The molecule has 0 aromatic heterocycles. The monoisotopic (exact) mass is 351 g/mol. The van der Waals surface area contributed by atoms with E-state index in [1.165, 1.54) is 0 Å². The van der Waals surface area contributed by atoms with Gasteiger partial charge in [0.05, 0.1) is 13.2 Å². The topological polar surface area (TPSA) is 53.1 Å². The van der Waals surface area contributed by atoms with Gasteiger partial charge in [-0.15, -0.1) is 0 Å². The first-order valence-electron chi connectivity index (χ1n) is 9.88. The van der Waals surface area contributed by atoms with Crippen molar-refractivity contribution >= 4 is 11.9 Å². The summed E-state index contributed by atoms with van der Waals surface area (Å²) in [4.78, 5) is 31.2. The third-order valence-corrected chi connectivity index (χ3v) is 5.94. The fourth-order valence-electron chi connectivity index (χ4n) is 4.38. The zero-order chi connectivity index (χ0) is 17.9. The van der Waals surface area contributed by atoms with Crippen molar-refractivity contribution in [2.75, 3.05) is 52.5 Å². The largest absolute Gasteiger partial charge is 0.378 e. The molecule has 0 unspecified atom stereocenters. The van der Waals surface area contributed by atoms with E-state index in [1.54, 1.807) is 0 Å². The van der Waals surface area contributed by atoms with E-state index in [1.807, 2.05) is 9.80 Å². The number of ether oxygens (including phenoxy) is 1. The molecule has 0 bridgehead atoms. The molecule has 0 aromatic rings. The van der Waals surface area contributed by atoms with Crippen LogP contribution in [0.25, 0.3) is 0 Å². The number of urea groups is 1. The minimum Gasteiger partial charge on any atom is -0.378 e. The van der Waals surface area contributed by atoms with Crippen molar-refractivity contribution in [1.82, 2.24) is 14.7 Å². The van der Waals surface area contributed by atoms with Crippen LogP contribution >= 0.6 is 0 Å². The van der Waals surface area contributed by atoms with Crippen LogP contribution in [-0.4, -0.2) is 79.1 Å². The van der Waals surface area contributed by atoms with Crippen molar-refractivity contribution in [3.05, 3.63) is 0 Å². The van der Waals surface area contributed by atoms with Crippen molar-refractivity contribution in [2.45, 2.75) is 46.0 Å². The number of morpholine rings is 1. The average molecular weight is 351 g/mol. The van der Waals surface area contributed by atoms with Crippen LogP contribution in [0.2, 0.25) is 0 Å². The third kappa shape index (κ3) is 4.46. The molecule has 6 nitrogen and oxygen atoms in total. The highest BCUT2D eigenvalue weighted by Gasteiger charge is 2.43. The van der Waals surface area contributed by atoms with Crippen LogP contribution in [0, 0.1) is 11.3 Å². The molecule has 0 aromatic carbocycles. The number of hydrogen-bond donors (Lipinski definition) is 0. The number of piperidine rings is 2. The van der Waals surface area contributed by atoms with Crippen LogP contribution in [-0.2, 0) is 9.53 Å². The Morgan fingerprint density at radius 1 is 1.12 bits per heavy atom. The first-order valence-corrected chi connectivity index (χ1v) is 9.88. The normalized spacial score (nSPS) is 28.1. The number of rotatable bonds is 3. The van der Waals surface area contributed by atoms with E-state index in [0.717, 1.165) is 51.9 Å². The summed E-state index contributed by atoms with van der Waals surface area (Å²) in [5.74, 6) is 0.902. The molecule has 25 heavy (non-hydrogen) atoms. The Morgan fingerprint density at radius 3 is 2.60 bits per heavy atom. The molecule has 0 saturated carbocycles. The Labute approximate surface area is 151 Å². The summed E-state index contributed by atoms with van der Waals surface area (Å²) in [6.07, 6.45) is 4.79. The van der Waals surface area contributed by atoms with Gasteiger partial charge in [0.25, 0.3) is 0 Å². The zero-order valence-corrected chi connectivity index (χ0v) is 15.8. The van der Waals surface area contributed by atoms with Crippen LogP contribution in [0.3, 0.4) is 0 Å². The lowest BCUT2D eigenvalue weighted by molar-refractivity contribution is -0.139. The molecule has 3 aliphatic rings. The van der Waals surface area contributed by atoms with Crippen LogP contribution in [0.4, 0.5) is 4.79 Å². The number of amides is 3. The third-order valence-electron chi connectivity index (χ3n) is 5.94. The smallest absolute Gasteiger partial charge is 0.320 e. The SMILES string of the molecule is CC(C)CCN1C[C@@]2(CCCN(C(=O)N3CCOCC3)C2)CCC1=O. The van der Waals surface area contributed by atoms with Gasteiger partial charge in [-0.05, 0) is 31.6 Å². The summed E-state index contributed by atoms with van der Waals surface area (Å²) in [6, 6.07) is 0.160. The van der Waals surface area contributed by atoms with E-state index in [-0.39, 0.29) is 11.4 Å². The molecule has 3 fully saturated rings. The second kappa shape index (κ2) is 7.94. The molecule has 3 amide bonds. The quantitative estimate of drug-likeness (QED) is 0.783. The molecule has 3 rings (SSSR count). The second-order valence-electron chi connectivity index (χ2n) is 8.40. The standard InChI is InChI=1S/C19H33N3O3/c1-16(2)5-9-21-14-19(7-4-17(21)23)6-3-8-22(15-19)18(24)20-10-12-25-13-11-20/h16H,3-15H2,1-2H3/t19-/m1/s1. The Bertz CT molecular complexity index is 490. The predicted molar refractivity (Wildman–Crippen MR) is 96.3 cm³/mol. The van der Waals surface area contributed by atoms with Crippen molar-refractivity contribution in [1.29, 1.82) is 0 Å². The average Bonchev–Trinajstić information content (AvgIpc) is 2.63. The molecular formula is C19H33N3O3. The van der Waals surface area contributed by atoms with Gasteiger partial charge in [0.15, 0.2) is 0 Å². The maximum absolute atomic E-state index is 12.9. The second-order valence-corrected chi connectivity index (χ2v) is 8.40. The maximum Gasteiger partial charge on any atom is 0.320 e. The summed E-state index contributed by atoms with van der Waals surface area (Å²) in [5.41, 5.74) is 0.102. The van der Waals surface area contributed by atoms with Gasteiger partial charge in [0.2, 0.25) is 5.91 Å². The van der Waals surface area contributed by atoms with Crippen LogP contribution in [0.5, 0.6) is 0 Å². The van der Waals surface area contributed by atoms with E-state index >= 15 is 0 Å². The molecular weight excluding hydrogens is 318 g/mol. The Morgan fingerprint density at radius 2 is 1.88 bits per heavy atom. The van der Waals surface area contributed by atoms with Gasteiger partial charge in [-0.1, -0.05) is 13.8 Å². The van der Waals surface area contributed by atoms with E-state index in [9.17, 15) is 9.59 Å². The maximum atomic E-state index is 12.9. The summed E-state index contributed by atoms with van der Waals surface area (Å²) in [5, 5.41) is 0. The summed E-state index contributed by atoms with van der Waals surface area (Å²) in [6.45, 7) is 10.4. The molecule has 3 heterocycles. The van der Waals surface area contributed by atoms with Gasteiger partial charge in [0.1, 0.15) is 0 Å². The van der Waals surface area contributed by atoms with Gasteiger partial charge >= 0.3 is 6.03 Å². The zero-order valence-electron chi connectivity index (χ0n) is 15.8. The number of hydrogen-bond acceptors (Lipinski definition) is 3. The van der Waals surface area contributed by atoms with Gasteiger partial charge in [0, 0.05) is 51.1 Å². The van der Waals surface area contributed by atoms with E-state index in [2.05, 4.69) is 18.7 Å². The van der Waals surface area contributed by atoms with E-state index < -0.39 is 0 Å². The Hall–Kier alpha value is -1.30. The highest BCUT2D eigenvalue weighted by Crippen LogP contribution is 2.39. The summed E-state index contributed by atoms with van der Waals surface area (Å²) < 4.78 is 5.36. The van der Waals surface area contributed by atoms with Gasteiger partial charge < -0.3 is 19.4 Å². The molecule has 0 N–H and O–H groups in total. The molecule has 0 aliphatic carbocycles. The summed E-state index contributed by atoms with van der Waals surface area (Å²) >= 11 is 0. The van der Waals surface area contributed by atoms with Crippen molar-refractivity contribution in [2.24, 2.45) is 11.3 Å². The number of nitrogens with zero attached hydrogens (tertiary/aromatic N) is 3. The molecule has 6 heteroatoms. The molecule has 3 aliphatic heterocycles. The Balaban J connectivity index is 1.62. The lowest BCUT2D eigenvalue weighted by Gasteiger charge is -2.49. The number of likely N-dealkylation sites (tertiary alicyclic amines) is 2. The van der Waals surface area contributed by atoms with Gasteiger partial charge in [-0.3, -0.25) is 4.79 Å². The van der Waals surface area contributed by atoms with Gasteiger partial charge in [-0.2, -0.15) is 0 Å². The van der Waals surface area contributed by atoms with Crippen LogP contribution in [0.15, 0.2) is 0 Å². The van der Waals surface area contributed by atoms with Crippen molar-refractivity contribution in [3.8, 4) is 0 Å². The van der Waals surface area contributed by atoms with E-state index in [4.69, 9.17) is 4.74 Å². The molecule has 1 atom stereocenters. The number of carbonyl (C=O) groups excluding carboxylic acids is 2. The number of carbonyl (C=O) groups is 2. The van der Waals surface area contributed by atoms with E-state index in [0.29, 0.717) is 44.5 Å². The molecule has 3 saturated heterocycles. The minimum absolute atomic E-state index is 0.102. The highest BCUT2D eigenvalue weighted by molar-refractivity contribution is 5.77. The van der Waals surface area contributed by atoms with Gasteiger partial charge in [-0.25, -0.2) is 4.79 Å². The first kappa shape index (κ1) is 18.5. The minimum atomic E-state index is 0.102. The predicted octanol–water partition coefficient (Wildman–Crippen LogP) is 2.19. The van der Waals surface area contributed by atoms with Crippen molar-refractivity contribution in [3.63, 3.8) is 0 Å². The Kier molecular flexibility index (Phi) is 5.87. The van der Waals surface area contributed by atoms with Crippen LogP contribution < -0.4 is 0 Å². The molecule has 0 radical (unpaired) electrons.